The summed E-state index contributed by atoms with van der Waals surface area (Å²) in [6, 6.07) is 2.17. The summed E-state index contributed by atoms with van der Waals surface area (Å²) in [6.07, 6.45) is 0. The van der Waals surface area contributed by atoms with E-state index in [1.54, 1.807) is 0 Å². The molecule has 7 nitrogen and oxygen atoms in total. The number of hydrogen-bond acceptors (Lipinski definition) is 5. The van der Waals surface area contributed by atoms with E-state index in [9.17, 15) is 14.9 Å². The van der Waals surface area contributed by atoms with Crippen LogP contribution in [0.25, 0.3) is 0 Å². The normalized spacial score (nSPS) is 12.0. The molecule has 0 saturated heterocycles. The van der Waals surface area contributed by atoms with Crippen LogP contribution in [-0.4, -0.2) is 24.3 Å². The maximum Gasteiger partial charge on any atom is 0.338 e. The van der Waals surface area contributed by atoms with Gasteiger partial charge >= 0.3 is 11.7 Å². The van der Waals surface area contributed by atoms with Crippen LogP contribution in [0.2, 0.25) is 18.1 Å². The summed E-state index contributed by atoms with van der Waals surface area (Å²) < 4.78 is 5.90. The number of aromatic carboxylic acids is 1. The van der Waals surface area contributed by atoms with Gasteiger partial charge in [-0.2, -0.15) is 0 Å². The quantitative estimate of drug-likeness (QED) is 0.381. The van der Waals surface area contributed by atoms with Gasteiger partial charge in [-0.25, -0.2) is 4.79 Å². The number of nitrogens with two attached hydrogens (primary N) is 1. The fraction of sp³-hybridized carbons (Fsp3) is 0.462. The number of nitro benzene ring substituents is 1. The molecular formula is C13H20N2O5Si. The van der Waals surface area contributed by atoms with Crippen molar-refractivity contribution in [2.24, 2.45) is 0 Å². The van der Waals surface area contributed by atoms with Crippen molar-refractivity contribution >= 4 is 25.7 Å². The molecule has 116 valence electrons. The van der Waals surface area contributed by atoms with Crippen LogP contribution in [0.4, 0.5) is 11.4 Å². The van der Waals surface area contributed by atoms with Gasteiger partial charge in [0, 0.05) is 12.1 Å². The van der Waals surface area contributed by atoms with Gasteiger partial charge in [0.05, 0.1) is 16.2 Å². The molecule has 0 aliphatic carbocycles. The van der Waals surface area contributed by atoms with Gasteiger partial charge in [0.1, 0.15) is 0 Å². The van der Waals surface area contributed by atoms with Crippen LogP contribution in [0.3, 0.4) is 0 Å². The number of carbonyl (C=O) groups is 1. The van der Waals surface area contributed by atoms with Gasteiger partial charge in [-0.05, 0) is 18.1 Å². The second kappa shape index (κ2) is 5.36. The van der Waals surface area contributed by atoms with Crippen LogP contribution < -0.4 is 10.2 Å². The van der Waals surface area contributed by atoms with Crippen LogP contribution in [0, 0.1) is 10.1 Å². The summed E-state index contributed by atoms with van der Waals surface area (Å²) >= 11 is 0. The highest BCUT2D eigenvalue weighted by molar-refractivity contribution is 6.74. The van der Waals surface area contributed by atoms with Crippen molar-refractivity contribution in [2.45, 2.75) is 38.9 Å². The Morgan fingerprint density at radius 1 is 1.38 bits per heavy atom. The zero-order valence-corrected chi connectivity index (χ0v) is 13.8. The number of nitrogens with zero attached hydrogens (tertiary/aromatic N) is 1. The highest BCUT2D eigenvalue weighted by Gasteiger charge is 2.40. The van der Waals surface area contributed by atoms with E-state index in [1.165, 1.54) is 6.07 Å². The Kier molecular flexibility index (Phi) is 4.33. The third-order valence-corrected chi connectivity index (χ3v) is 8.07. The number of nitro groups is 1. The summed E-state index contributed by atoms with van der Waals surface area (Å²) in [4.78, 5) is 21.5. The number of benzene rings is 1. The second-order valence-electron chi connectivity index (χ2n) is 6.33. The van der Waals surface area contributed by atoms with E-state index in [0.717, 1.165) is 6.07 Å². The van der Waals surface area contributed by atoms with Crippen molar-refractivity contribution in [2.75, 3.05) is 5.73 Å². The second-order valence-corrected chi connectivity index (χ2v) is 11.1. The largest absolute Gasteiger partial charge is 0.539 e. The molecule has 1 aromatic rings. The Hall–Kier alpha value is -2.09. The van der Waals surface area contributed by atoms with Crippen molar-refractivity contribution in [3.63, 3.8) is 0 Å². The van der Waals surface area contributed by atoms with Crippen molar-refractivity contribution in [1.82, 2.24) is 0 Å². The maximum absolute atomic E-state index is 11.2. The van der Waals surface area contributed by atoms with E-state index in [-0.39, 0.29) is 27.7 Å². The Bertz CT molecular complexity index is 593. The minimum Gasteiger partial charge on any atom is -0.539 e. The van der Waals surface area contributed by atoms with E-state index in [0.29, 0.717) is 0 Å². The topological polar surface area (TPSA) is 116 Å². The van der Waals surface area contributed by atoms with Gasteiger partial charge < -0.3 is 15.3 Å². The molecule has 0 bridgehead atoms. The first-order chi connectivity index (χ1) is 9.36. The Balaban J connectivity index is 3.40. The van der Waals surface area contributed by atoms with Gasteiger partial charge in [-0.1, -0.05) is 20.8 Å². The molecule has 0 aromatic heterocycles. The highest BCUT2D eigenvalue weighted by atomic mass is 28.4. The number of nitrogen functional groups attached to an aromatic ring is 1. The summed E-state index contributed by atoms with van der Waals surface area (Å²) in [5, 5.41) is 20.0. The number of hydrogen-bond donors (Lipinski definition) is 2. The van der Waals surface area contributed by atoms with Crippen LogP contribution in [-0.2, 0) is 0 Å². The molecule has 3 N–H and O–H groups in total. The molecule has 0 saturated carbocycles. The smallest absolute Gasteiger partial charge is 0.338 e. The SMILES string of the molecule is CC(C)(C)[Si](C)(C)Oc1cc(N)c(C(=O)O)cc1[N+](=O)[O-]. The van der Waals surface area contributed by atoms with E-state index < -0.39 is 19.2 Å². The molecule has 0 amide bonds. The first-order valence-corrected chi connectivity index (χ1v) is 9.28. The summed E-state index contributed by atoms with van der Waals surface area (Å²) in [6.45, 7) is 9.89. The van der Waals surface area contributed by atoms with Crippen molar-refractivity contribution in [3.05, 3.63) is 27.8 Å². The third-order valence-electron chi connectivity index (χ3n) is 3.73. The van der Waals surface area contributed by atoms with Gasteiger partial charge in [0.2, 0.25) is 0 Å². The van der Waals surface area contributed by atoms with Gasteiger partial charge in [0.25, 0.3) is 8.32 Å². The van der Waals surface area contributed by atoms with Crippen LogP contribution in [0.1, 0.15) is 31.1 Å². The molecule has 1 aromatic carbocycles. The van der Waals surface area contributed by atoms with Gasteiger partial charge in [-0.15, -0.1) is 0 Å². The van der Waals surface area contributed by atoms with E-state index in [4.69, 9.17) is 15.3 Å². The molecule has 0 radical (unpaired) electrons. The van der Waals surface area contributed by atoms with Gasteiger partial charge in [-0.3, -0.25) is 10.1 Å². The third kappa shape index (κ3) is 3.51. The Morgan fingerprint density at radius 2 is 1.90 bits per heavy atom. The summed E-state index contributed by atoms with van der Waals surface area (Å²) in [5.74, 6) is -1.29. The Labute approximate surface area is 124 Å². The Morgan fingerprint density at radius 3 is 2.29 bits per heavy atom. The van der Waals surface area contributed by atoms with Crippen LogP contribution >= 0.6 is 0 Å². The lowest BCUT2D eigenvalue weighted by Crippen LogP contribution is -2.44. The molecule has 0 aliphatic rings. The average Bonchev–Trinajstić information content (AvgIpc) is 2.25. The number of carboxylic acid groups (broad SMARTS) is 1. The van der Waals surface area contributed by atoms with E-state index >= 15 is 0 Å². The van der Waals surface area contributed by atoms with Crippen molar-refractivity contribution in [1.29, 1.82) is 0 Å². The molecule has 0 fully saturated rings. The molecular weight excluding hydrogens is 292 g/mol. The average molecular weight is 312 g/mol. The first-order valence-electron chi connectivity index (χ1n) is 6.37. The molecule has 0 aliphatic heterocycles. The molecule has 1 rings (SSSR count). The highest BCUT2D eigenvalue weighted by Crippen LogP contribution is 2.41. The predicted octanol–water partition coefficient (Wildman–Crippen LogP) is 3.26. The fourth-order valence-electron chi connectivity index (χ4n) is 1.42. The molecule has 8 heteroatoms. The van der Waals surface area contributed by atoms with Crippen LogP contribution in [0.5, 0.6) is 5.75 Å². The predicted molar refractivity (Wildman–Crippen MR) is 82.3 cm³/mol. The fourth-order valence-corrected chi connectivity index (χ4v) is 2.44. The molecule has 0 heterocycles. The minimum atomic E-state index is -2.30. The van der Waals surface area contributed by atoms with Crippen molar-refractivity contribution in [3.8, 4) is 5.75 Å². The number of anilines is 1. The summed E-state index contributed by atoms with van der Waals surface area (Å²) in [7, 11) is -2.30. The zero-order valence-electron chi connectivity index (χ0n) is 12.8. The zero-order chi connectivity index (χ0) is 16.6. The molecule has 21 heavy (non-hydrogen) atoms. The lowest BCUT2D eigenvalue weighted by Gasteiger charge is -2.36. The lowest BCUT2D eigenvalue weighted by molar-refractivity contribution is -0.385. The van der Waals surface area contributed by atoms with Crippen molar-refractivity contribution < 1.29 is 19.3 Å². The monoisotopic (exact) mass is 312 g/mol. The van der Waals surface area contributed by atoms with E-state index in [2.05, 4.69) is 0 Å². The molecule has 0 unspecified atom stereocenters. The number of carboxylic acids is 1. The first kappa shape index (κ1) is 17.0. The maximum atomic E-state index is 11.2. The standard InChI is InChI=1S/C13H20N2O5Si/c1-13(2,3)21(4,5)20-11-7-9(14)8(12(16)17)6-10(11)15(18)19/h6-7H,14H2,1-5H3,(H,16,17). The number of rotatable bonds is 4. The lowest BCUT2D eigenvalue weighted by atomic mass is 10.1. The van der Waals surface area contributed by atoms with E-state index in [1.807, 2.05) is 33.9 Å². The van der Waals surface area contributed by atoms with Gasteiger partial charge in [0.15, 0.2) is 5.75 Å². The minimum absolute atomic E-state index is 0.0223. The summed E-state index contributed by atoms with van der Waals surface area (Å²) in [5.41, 5.74) is 4.91. The molecule has 0 atom stereocenters. The van der Waals surface area contributed by atoms with Crippen LogP contribution in [0.15, 0.2) is 12.1 Å². The molecule has 0 spiro atoms.